The molecule has 156 valence electrons. The summed E-state index contributed by atoms with van der Waals surface area (Å²) >= 11 is 0. The van der Waals surface area contributed by atoms with Crippen molar-refractivity contribution >= 4 is 0 Å². The summed E-state index contributed by atoms with van der Waals surface area (Å²) in [6.45, 7) is 14.0. The Balaban J connectivity index is 2.49. The van der Waals surface area contributed by atoms with E-state index in [1.165, 1.54) is 70.6 Å². The second-order valence-electron chi connectivity index (χ2n) is 9.72. The lowest BCUT2D eigenvalue weighted by Crippen LogP contribution is -2.40. The Morgan fingerprint density at radius 1 is 0.808 bits per heavy atom. The fourth-order valence-electron chi connectivity index (χ4n) is 4.49. The molecule has 0 N–H and O–H groups in total. The molecule has 1 fully saturated rings. The number of rotatable bonds is 14. The monoisotopic (exact) mass is 368 g/mol. The average molecular weight is 369 g/mol. The van der Waals surface area contributed by atoms with Gasteiger partial charge in [0.2, 0.25) is 0 Å². The van der Waals surface area contributed by atoms with Crippen molar-refractivity contribution in [1.29, 1.82) is 0 Å². The summed E-state index contributed by atoms with van der Waals surface area (Å²) in [7, 11) is 0. The lowest BCUT2D eigenvalue weighted by atomic mass is 9.80. The second-order valence-corrected chi connectivity index (χ2v) is 9.72. The highest BCUT2D eigenvalue weighted by Gasteiger charge is 2.33. The van der Waals surface area contributed by atoms with Crippen LogP contribution in [0.2, 0.25) is 0 Å². The predicted octanol–water partition coefficient (Wildman–Crippen LogP) is 8.03. The first kappa shape index (κ1) is 24.0. The van der Waals surface area contributed by atoms with Crippen LogP contribution in [0.5, 0.6) is 0 Å². The molecule has 0 spiro atoms. The summed E-state index contributed by atoms with van der Waals surface area (Å²) < 4.78 is 13.0. The Morgan fingerprint density at radius 3 is 2.19 bits per heavy atom. The maximum Gasteiger partial charge on any atom is 0.158 e. The van der Waals surface area contributed by atoms with Crippen LogP contribution < -0.4 is 0 Å². The van der Waals surface area contributed by atoms with E-state index in [9.17, 15) is 0 Å². The Morgan fingerprint density at radius 2 is 1.54 bits per heavy atom. The lowest BCUT2D eigenvalue weighted by Gasteiger charge is -2.40. The van der Waals surface area contributed by atoms with E-state index in [4.69, 9.17) is 9.47 Å². The van der Waals surface area contributed by atoms with Gasteiger partial charge in [0.15, 0.2) is 6.29 Å². The van der Waals surface area contributed by atoms with Gasteiger partial charge in [0.05, 0.1) is 11.7 Å². The fraction of sp³-hybridized carbons (Fsp3) is 1.00. The van der Waals surface area contributed by atoms with Crippen LogP contribution in [-0.4, -0.2) is 18.0 Å². The van der Waals surface area contributed by atoms with Crippen LogP contribution in [0.1, 0.15) is 131 Å². The van der Waals surface area contributed by atoms with Gasteiger partial charge in [-0.2, -0.15) is 0 Å². The normalized spacial score (nSPS) is 23.8. The van der Waals surface area contributed by atoms with E-state index in [0.29, 0.717) is 11.5 Å². The van der Waals surface area contributed by atoms with Crippen molar-refractivity contribution in [2.24, 2.45) is 5.41 Å². The topological polar surface area (TPSA) is 18.5 Å². The van der Waals surface area contributed by atoms with Gasteiger partial charge in [-0.25, -0.2) is 0 Å². The van der Waals surface area contributed by atoms with Gasteiger partial charge in [0, 0.05) is 0 Å². The molecule has 1 aliphatic heterocycles. The Hall–Kier alpha value is -0.0800. The third kappa shape index (κ3) is 9.74. The first-order chi connectivity index (χ1) is 12.3. The molecule has 1 rings (SSSR count). The standard InChI is InChI=1S/C24H48O2/c1-7-10-12-13-18-23(4,5)20-21-15-14-16-22(25-21)26-24(6,17-9-3)19-11-8-2/h21-22H,7-20H2,1-6H3. The predicted molar refractivity (Wildman–Crippen MR) is 114 cm³/mol. The highest BCUT2D eigenvalue weighted by atomic mass is 16.7. The summed E-state index contributed by atoms with van der Waals surface area (Å²) in [6, 6.07) is 0. The minimum Gasteiger partial charge on any atom is -0.349 e. The van der Waals surface area contributed by atoms with E-state index >= 15 is 0 Å². The summed E-state index contributed by atoms with van der Waals surface area (Å²) in [4.78, 5) is 0. The second kappa shape index (κ2) is 12.4. The molecule has 0 amide bonds. The Bertz CT molecular complexity index is 352. The van der Waals surface area contributed by atoms with Crippen LogP contribution in [0.4, 0.5) is 0 Å². The van der Waals surface area contributed by atoms with Gasteiger partial charge < -0.3 is 9.47 Å². The number of unbranched alkanes of at least 4 members (excludes halogenated alkanes) is 4. The minimum atomic E-state index is -0.00696. The van der Waals surface area contributed by atoms with Crippen molar-refractivity contribution in [2.45, 2.75) is 149 Å². The van der Waals surface area contributed by atoms with Crippen LogP contribution in [0, 0.1) is 5.41 Å². The third-order valence-electron chi connectivity index (χ3n) is 6.05. The summed E-state index contributed by atoms with van der Waals surface area (Å²) in [5.74, 6) is 0. The molecule has 0 aliphatic carbocycles. The molecule has 1 saturated heterocycles. The van der Waals surface area contributed by atoms with E-state index in [2.05, 4.69) is 41.5 Å². The maximum absolute atomic E-state index is 6.56. The highest BCUT2D eigenvalue weighted by Crippen LogP contribution is 2.36. The van der Waals surface area contributed by atoms with Crippen LogP contribution in [0.3, 0.4) is 0 Å². The fourth-order valence-corrected chi connectivity index (χ4v) is 4.49. The molecule has 2 heteroatoms. The molecular formula is C24H48O2. The van der Waals surface area contributed by atoms with Crippen molar-refractivity contribution in [1.82, 2.24) is 0 Å². The largest absolute Gasteiger partial charge is 0.349 e. The van der Waals surface area contributed by atoms with Gasteiger partial charge in [-0.05, 0) is 57.3 Å². The van der Waals surface area contributed by atoms with Crippen molar-refractivity contribution < 1.29 is 9.47 Å². The smallest absolute Gasteiger partial charge is 0.158 e. The lowest BCUT2D eigenvalue weighted by molar-refractivity contribution is -0.249. The zero-order valence-corrected chi connectivity index (χ0v) is 18.9. The molecule has 0 aromatic carbocycles. The summed E-state index contributed by atoms with van der Waals surface area (Å²) in [6.07, 6.45) is 17.8. The number of ether oxygens (including phenoxy) is 2. The quantitative estimate of drug-likeness (QED) is 0.289. The highest BCUT2D eigenvalue weighted by molar-refractivity contribution is 4.80. The van der Waals surface area contributed by atoms with Crippen molar-refractivity contribution in [2.75, 3.05) is 0 Å². The van der Waals surface area contributed by atoms with Gasteiger partial charge in [-0.3, -0.25) is 0 Å². The van der Waals surface area contributed by atoms with Crippen molar-refractivity contribution in [3.63, 3.8) is 0 Å². The van der Waals surface area contributed by atoms with Gasteiger partial charge in [-0.15, -0.1) is 0 Å². The molecular weight excluding hydrogens is 320 g/mol. The molecule has 1 aliphatic rings. The van der Waals surface area contributed by atoms with Crippen molar-refractivity contribution in [3.05, 3.63) is 0 Å². The first-order valence-electron chi connectivity index (χ1n) is 11.7. The van der Waals surface area contributed by atoms with Gasteiger partial charge in [0.1, 0.15) is 0 Å². The van der Waals surface area contributed by atoms with Crippen LogP contribution in [0.25, 0.3) is 0 Å². The molecule has 0 radical (unpaired) electrons. The van der Waals surface area contributed by atoms with Gasteiger partial charge in [-0.1, -0.05) is 79.6 Å². The molecule has 3 unspecified atom stereocenters. The first-order valence-corrected chi connectivity index (χ1v) is 11.7. The van der Waals surface area contributed by atoms with Crippen LogP contribution >= 0.6 is 0 Å². The summed E-state index contributed by atoms with van der Waals surface area (Å²) in [5.41, 5.74) is 0.377. The van der Waals surface area contributed by atoms with E-state index in [1.807, 2.05) is 0 Å². The zero-order valence-electron chi connectivity index (χ0n) is 18.9. The molecule has 0 aromatic heterocycles. The SMILES string of the molecule is CCCCCCC(C)(C)CC1CCCC(OC(C)(CCC)CCCC)O1. The maximum atomic E-state index is 6.56. The molecule has 2 nitrogen and oxygen atoms in total. The van der Waals surface area contributed by atoms with Gasteiger partial charge >= 0.3 is 0 Å². The minimum absolute atomic E-state index is 0.00696. The molecule has 0 aromatic rings. The van der Waals surface area contributed by atoms with E-state index in [1.54, 1.807) is 0 Å². The Kier molecular flexibility index (Phi) is 11.4. The van der Waals surface area contributed by atoms with E-state index in [-0.39, 0.29) is 11.9 Å². The van der Waals surface area contributed by atoms with Gasteiger partial charge in [0.25, 0.3) is 0 Å². The molecule has 0 bridgehead atoms. The molecule has 3 atom stereocenters. The molecule has 26 heavy (non-hydrogen) atoms. The third-order valence-corrected chi connectivity index (χ3v) is 6.05. The number of hydrogen-bond donors (Lipinski definition) is 0. The Labute approximate surface area is 164 Å². The molecule has 1 heterocycles. The van der Waals surface area contributed by atoms with Crippen LogP contribution in [-0.2, 0) is 9.47 Å². The zero-order chi connectivity index (χ0) is 19.5. The van der Waals surface area contributed by atoms with E-state index < -0.39 is 0 Å². The van der Waals surface area contributed by atoms with Crippen LogP contribution in [0.15, 0.2) is 0 Å². The average Bonchev–Trinajstić information content (AvgIpc) is 2.57. The summed E-state index contributed by atoms with van der Waals surface area (Å²) in [5, 5.41) is 0. The van der Waals surface area contributed by atoms with Crippen molar-refractivity contribution in [3.8, 4) is 0 Å². The number of hydrogen-bond acceptors (Lipinski definition) is 2. The van der Waals surface area contributed by atoms with E-state index in [0.717, 1.165) is 19.3 Å². The molecule has 0 saturated carbocycles.